The summed E-state index contributed by atoms with van der Waals surface area (Å²) in [6.07, 6.45) is 7.21. The minimum Gasteiger partial charge on any atom is -0.369 e. The Labute approximate surface area is 111 Å². The summed E-state index contributed by atoms with van der Waals surface area (Å²) in [5.74, 6) is 2.56. The second-order valence-corrected chi connectivity index (χ2v) is 5.29. The third-order valence-corrected chi connectivity index (χ3v) is 3.44. The molecular formula is C12H19BrN4. The van der Waals surface area contributed by atoms with Gasteiger partial charge >= 0.3 is 0 Å². The van der Waals surface area contributed by atoms with Crippen molar-refractivity contribution < 1.29 is 0 Å². The van der Waals surface area contributed by atoms with Crippen LogP contribution in [-0.4, -0.2) is 23.1 Å². The first-order chi connectivity index (χ1) is 8.29. The molecule has 0 aromatic carbocycles. The number of nitrogens with one attached hydrogen (secondary N) is 2. The van der Waals surface area contributed by atoms with Gasteiger partial charge in [0.25, 0.3) is 0 Å². The number of hydrogen-bond acceptors (Lipinski definition) is 4. The van der Waals surface area contributed by atoms with E-state index in [9.17, 15) is 0 Å². The first-order valence-electron chi connectivity index (χ1n) is 6.30. The van der Waals surface area contributed by atoms with Gasteiger partial charge < -0.3 is 10.6 Å². The summed E-state index contributed by atoms with van der Waals surface area (Å²) in [4.78, 5) is 8.60. The van der Waals surface area contributed by atoms with E-state index in [1.807, 2.05) is 6.92 Å². The molecule has 1 aromatic rings. The van der Waals surface area contributed by atoms with Crippen LogP contribution in [0.4, 0.5) is 11.8 Å². The van der Waals surface area contributed by atoms with E-state index < -0.39 is 0 Å². The van der Waals surface area contributed by atoms with E-state index >= 15 is 0 Å². The van der Waals surface area contributed by atoms with E-state index in [0.29, 0.717) is 5.95 Å². The summed E-state index contributed by atoms with van der Waals surface area (Å²) in [6.45, 7) is 3.86. The van der Waals surface area contributed by atoms with E-state index in [2.05, 4.69) is 36.5 Å². The Morgan fingerprint density at radius 1 is 1.41 bits per heavy atom. The number of nitrogens with zero attached hydrogens (tertiary/aromatic N) is 2. The monoisotopic (exact) mass is 298 g/mol. The SMILES string of the molecule is CCNc1ncc(Br)c(NCCCC2CC2)n1. The van der Waals surface area contributed by atoms with Crippen molar-refractivity contribution in [1.82, 2.24) is 9.97 Å². The third-order valence-electron chi connectivity index (χ3n) is 2.86. The molecule has 1 saturated carbocycles. The van der Waals surface area contributed by atoms with Gasteiger partial charge in [-0.3, -0.25) is 0 Å². The van der Waals surface area contributed by atoms with Crippen LogP contribution < -0.4 is 10.6 Å². The van der Waals surface area contributed by atoms with Gasteiger partial charge in [-0.2, -0.15) is 4.98 Å². The van der Waals surface area contributed by atoms with Crippen LogP contribution in [0.2, 0.25) is 0 Å². The van der Waals surface area contributed by atoms with Gasteiger partial charge in [-0.1, -0.05) is 12.8 Å². The molecule has 0 aliphatic heterocycles. The second-order valence-electron chi connectivity index (χ2n) is 4.43. The molecule has 0 atom stereocenters. The molecule has 5 heteroatoms. The van der Waals surface area contributed by atoms with Crippen LogP contribution in [0.1, 0.15) is 32.6 Å². The standard InChI is InChI=1S/C12H19BrN4/c1-2-14-12-16-8-10(13)11(17-12)15-7-3-4-9-5-6-9/h8-9H,2-7H2,1H3,(H2,14,15,16,17). The van der Waals surface area contributed by atoms with E-state index in [-0.39, 0.29) is 0 Å². The van der Waals surface area contributed by atoms with E-state index in [1.54, 1.807) is 6.20 Å². The molecule has 1 aliphatic carbocycles. The van der Waals surface area contributed by atoms with Crippen molar-refractivity contribution in [1.29, 1.82) is 0 Å². The van der Waals surface area contributed by atoms with Crippen molar-refractivity contribution in [2.45, 2.75) is 32.6 Å². The van der Waals surface area contributed by atoms with Gasteiger partial charge in [0.15, 0.2) is 0 Å². The van der Waals surface area contributed by atoms with Crippen molar-refractivity contribution in [2.24, 2.45) is 5.92 Å². The molecule has 0 radical (unpaired) electrons. The summed E-state index contributed by atoms with van der Waals surface area (Å²) in [5.41, 5.74) is 0. The highest BCUT2D eigenvalue weighted by atomic mass is 79.9. The van der Waals surface area contributed by atoms with E-state index in [0.717, 1.165) is 29.3 Å². The van der Waals surface area contributed by atoms with Gasteiger partial charge in [-0.15, -0.1) is 0 Å². The highest BCUT2D eigenvalue weighted by Gasteiger charge is 2.19. The molecule has 2 rings (SSSR count). The van der Waals surface area contributed by atoms with Crippen LogP contribution in [0, 0.1) is 5.92 Å². The second kappa shape index (κ2) is 6.19. The third kappa shape index (κ3) is 4.15. The number of rotatable bonds is 7. The van der Waals surface area contributed by atoms with Crippen LogP contribution in [0.25, 0.3) is 0 Å². The topological polar surface area (TPSA) is 49.8 Å². The maximum absolute atomic E-state index is 4.41. The van der Waals surface area contributed by atoms with Gasteiger partial charge in [0, 0.05) is 19.3 Å². The number of halogens is 1. The lowest BCUT2D eigenvalue weighted by molar-refractivity contribution is 0.686. The maximum atomic E-state index is 4.41. The molecule has 17 heavy (non-hydrogen) atoms. The normalized spacial score (nSPS) is 14.7. The first kappa shape index (κ1) is 12.6. The lowest BCUT2D eigenvalue weighted by atomic mass is 10.2. The van der Waals surface area contributed by atoms with Gasteiger partial charge in [-0.05, 0) is 41.6 Å². The Morgan fingerprint density at radius 2 is 2.24 bits per heavy atom. The molecule has 94 valence electrons. The van der Waals surface area contributed by atoms with Gasteiger partial charge in [0.1, 0.15) is 5.82 Å². The van der Waals surface area contributed by atoms with Crippen molar-refractivity contribution in [3.63, 3.8) is 0 Å². The van der Waals surface area contributed by atoms with Crippen LogP contribution in [0.3, 0.4) is 0 Å². The molecule has 2 N–H and O–H groups in total. The molecule has 0 spiro atoms. The molecule has 0 unspecified atom stereocenters. The van der Waals surface area contributed by atoms with Crippen molar-refractivity contribution in [3.8, 4) is 0 Å². The van der Waals surface area contributed by atoms with Crippen LogP contribution in [0.15, 0.2) is 10.7 Å². The lowest BCUT2D eigenvalue weighted by Crippen LogP contribution is -2.08. The molecule has 1 aromatic heterocycles. The summed E-state index contributed by atoms with van der Waals surface area (Å²) in [5, 5.41) is 6.47. The van der Waals surface area contributed by atoms with Crippen LogP contribution in [-0.2, 0) is 0 Å². The average molecular weight is 299 g/mol. The van der Waals surface area contributed by atoms with Gasteiger partial charge in [0.2, 0.25) is 5.95 Å². The lowest BCUT2D eigenvalue weighted by Gasteiger charge is -2.09. The Bertz CT molecular complexity index is 366. The average Bonchev–Trinajstić information content (AvgIpc) is 3.13. The van der Waals surface area contributed by atoms with E-state index in [4.69, 9.17) is 0 Å². The fraction of sp³-hybridized carbons (Fsp3) is 0.667. The summed E-state index contributed by atoms with van der Waals surface area (Å²) >= 11 is 3.46. The van der Waals surface area contributed by atoms with Crippen molar-refractivity contribution in [3.05, 3.63) is 10.7 Å². The van der Waals surface area contributed by atoms with Crippen molar-refractivity contribution >= 4 is 27.7 Å². The largest absolute Gasteiger partial charge is 0.369 e. The highest BCUT2D eigenvalue weighted by Crippen LogP contribution is 2.33. The zero-order valence-electron chi connectivity index (χ0n) is 10.2. The fourth-order valence-corrected chi connectivity index (χ4v) is 2.07. The van der Waals surface area contributed by atoms with E-state index in [1.165, 1.54) is 25.7 Å². The smallest absolute Gasteiger partial charge is 0.224 e. The molecule has 0 amide bonds. The molecule has 1 fully saturated rings. The molecule has 1 aliphatic rings. The van der Waals surface area contributed by atoms with Gasteiger partial charge in [-0.25, -0.2) is 4.98 Å². The van der Waals surface area contributed by atoms with Crippen LogP contribution >= 0.6 is 15.9 Å². The zero-order valence-corrected chi connectivity index (χ0v) is 11.8. The maximum Gasteiger partial charge on any atom is 0.224 e. The zero-order chi connectivity index (χ0) is 12.1. The molecular weight excluding hydrogens is 280 g/mol. The minimum absolute atomic E-state index is 0.681. The predicted molar refractivity (Wildman–Crippen MR) is 74.3 cm³/mol. The number of anilines is 2. The quantitative estimate of drug-likeness (QED) is 0.759. The Balaban J connectivity index is 1.81. The predicted octanol–water partition coefficient (Wildman–Crippen LogP) is 3.27. The first-order valence-corrected chi connectivity index (χ1v) is 7.09. The fourth-order valence-electron chi connectivity index (χ4n) is 1.74. The Hall–Kier alpha value is -0.840. The highest BCUT2D eigenvalue weighted by molar-refractivity contribution is 9.10. The molecule has 0 bridgehead atoms. The van der Waals surface area contributed by atoms with Gasteiger partial charge in [0.05, 0.1) is 4.47 Å². The van der Waals surface area contributed by atoms with Crippen molar-refractivity contribution in [2.75, 3.05) is 23.7 Å². The summed E-state index contributed by atoms with van der Waals surface area (Å²) in [6, 6.07) is 0. The molecule has 4 nitrogen and oxygen atoms in total. The molecule has 0 saturated heterocycles. The summed E-state index contributed by atoms with van der Waals surface area (Å²) in [7, 11) is 0. The Morgan fingerprint density at radius 3 is 2.94 bits per heavy atom. The Kier molecular flexibility index (Phi) is 4.59. The number of aromatic nitrogens is 2. The van der Waals surface area contributed by atoms with Crippen LogP contribution in [0.5, 0.6) is 0 Å². The number of hydrogen-bond donors (Lipinski definition) is 2. The minimum atomic E-state index is 0.681. The summed E-state index contributed by atoms with van der Waals surface area (Å²) < 4.78 is 0.922. The molecule has 1 heterocycles.